The van der Waals surface area contributed by atoms with Crippen LogP contribution in [0.2, 0.25) is 0 Å². The average molecular weight is 320 g/mol. The van der Waals surface area contributed by atoms with Gasteiger partial charge in [-0.1, -0.05) is 30.3 Å². The highest BCUT2D eigenvalue weighted by molar-refractivity contribution is 6.01. The molecule has 0 unspecified atom stereocenters. The van der Waals surface area contributed by atoms with Crippen molar-refractivity contribution < 1.29 is 18.7 Å². The Bertz CT molecular complexity index is 1120. The molecule has 0 aliphatic rings. The van der Waals surface area contributed by atoms with Crippen molar-refractivity contribution >= 4 is 27.9 Å². The lowest BCUT2D eigenvalue weighted by atomic mass is 10.0. The number of hydrogen-bond acceptors (Lipinski definition) is 4. The second-order valence-electron chi connectivity index (χ2n) is 5.53. The van der Waals surface area contributed by atoms with Gasteiger partial charge in [0.25, 0.3) is 0 Å². The van der Waals surface area contributed by atoms with Crippen LogP contribution in [-0.4, -0.2) is 11.1 Å². The van der Waals surface area contributed by atoms with Crippen molar-refractivity contribution in [2.24, 2.45) is 0 Å². The predicted molar refractivity (Wildman–Crippen MR) is 89.0 cm³/mol. The fraction of sp³-hybridized carbons (Fsp3) is 0.0526. The summed E-state index contributed by atoms with van der Waals surface area (Å²) in [4.78, 5) is 22.7. The van der Waals surface area contributed by atoms with Crippen molar-refractivity contribution in [1.82, 2.24) is 0 Å². The average Bonchev–Trinajstić information content (AvgIpc) is 2.97. The number of rotatable bonds is 3. The first kappa shape index (κ1) is 14.3. The molecule has 0 spiro atoms. The summed E-state index contributed by atoms with van der Waals surface area (Å²) in [5, 5.41) is 10.4. The lowest BCUT2D eigenvalue weighted by Gasteiger charge is -2.02. The van der Waals surface area contributed by atoms with Gasteiger partial charge in [-0.2, -0.15) is 0 Å². The van der Waals surface area contributed by atoms with E-state index in [1.165, 1.54) is 0 Å². The quantitative estimate of drug-likeness (QED) is 0.580. The molecule has 0 saturated heterocycles. The zero-order valence-corrected chi connectivity index (χ0v) is 12.5. The highest BCUT2D eigenvalue weighted by Gasteiger charge is 2.13. The molecule has 5 nitrogen and oxygen atoms in total. The Morgan fingerprint density at radius 1 is 1.04 bits per heavy atom. The summed E-state index contributed by atoms with van der Waals surface area (Å²) in [5.74, 6) is -1.07. The molecule has 2 aromatic heterocycles. The molecule has 0 fully saturated rings. The highest BCUT2D eigenvalue weighted by atomic mass is 16.4. The topological polar surface area (TPSA) is 80.7 Å². The molecule has 1 N–H and O–H groups in total. The molecule has 4 rings (SSSR count). The minimum atomic E-state index is -1.07. The summed E-state index contributed by atoms with van der Waals surface area (Å²) in [5.41, 5.74) is 2.40. The Morgan fingerprint density at radius 2 is 1.83 bits per heavy atom. The molecule has 5 heteroatoms. The Hall–Kier alpha value is -3.34. The summed E-state index contributed by atoms with van der Waals surface area (Å²) in [7, 11) is 0. The SMILES string of the molecule is O=C(O)Cc1cc2cc3c(-c4ccccc4)coc3cc2oc1=O. The summed E-state index contributed by atoms with van der Waals surface area (Å²) in [6, 6.07) is 14.9. The van der Waals surface area contributed by atoms with Gasteiger partial charge in [-0.15, -0.1) is 0 Å². The first-order chi connectivity index (χ1) is 11.6. The molecular formula is C19H12O5. The van der Waals surface area contributed by atoms with Crippen molar-refractivity contribution in [2.45, 2.75) is 6.42 Å². The van der Waals surface area contributed by atoms with Crippen molar-refractivity contribution in [3.05, 3.63) is 70.8 Å². The van der Waals surface area contributed by atoms with Crippen LogP contribution in [0.1, 0.15) is 5.56 Å². The predicted octanol–water partition coefficient (Wildman–Crippen LogP) is 3.83. The lowest BCUT2D eigenvalue weighted by molar-refractivity contribution is -0.136. The molecule has 0 atom stereocenters. The first-order valence-corrected chi connectivity index (χ1v) is 7.37. The number of hydrogen-bond donors (Lipinski definition) is 1. The maximum absolute atomic E-state index is 11.9. The summed E-state index contributed by atoms with van der Waals surface area (Å²) < 4.78 is 10.8. The zero-order chi connectivity index (χ0) is 16.7. The lowest BCUT2D eigenvalue weighted by Crippen LogP contribution is -2.12. The molecule has 0 radical (unpaired) electrons. The van der Waals surface area contributed by atoms with Crippen LogP contribution in [0.5, 0.6) is 0 Å². The number of carboxylic acids is 1. The monoisotopic (exact) mass is 320 g/mol. The van der Waals surface area contributed by atoms with E-state index >= 15 is 0 Å². The molecule has 24 heavy (non-hydrogen) atoms. The van der Waals surface area contributed by atoms with Gasteiger partial charge in [0, 0.05) is 28.0 Å². The first-order valence-electron chi connectivity index (χ1n) is 7.37. The molecule has 0 saturated carbocycles. The normalized spacial score (nSPS) is 11.2. The summed E-state index contributed by atoms with van der Waals surface area (Å²) in [6.45, 7) is 0. The Balaban J connectivity index is 1.96. The number of fused-ring (bicyclic) bond motifs is 2. The van der Waals surface area contributed by atoms with E-state index < -0.39 is 11.6 Å². The van der Waals surface area contributed by atoms with Gasteiger partial charge in [-0.05, 0) is 17.7 Å². The van der Waals surface area contributed by atoms with Crippen LogP contribution in [0.3, 0.4) is 0 Å². The molecule has 0 aliphatic heterocycles. The number of aliphatic carboxylic acids is 1. The van der Waals surface area contributed by atoms with E-state index in [9.17, 15) is 9.59 Å². The third kappa shape index (κ3) is 2.36. The third-order valence-electron chi connectivity index (χ3n) is 3.93. The molecule has 0 bridgehead atoms. The van der Waals surface area contributed by atoms with E-state index in [0.29, 0.717) is 16.6 Å². The summed E-state index contributed by atoms with van der Waals surface area (Å²) in [6.07, 6.45) is 1.29. The van der Waals surface area contributed by atoms with Gasteiger partial charge in [-0.25, -0.2) is 4.79 Å². The maximum atomic E-state index is 11.9. The fourth-order valence-corrected chi connectivity index (χ4v) is 2.81. The molecule has 2 heterocycles. The van der Waals surface area contributed by atoms with Gasteiger partial charge in [0.1, 0.15) is 11.2 Å². The van der Waals surface area contributed by atoms with E-state index in [2.05, 4.69) is 0 Å². The van der Waals surface area contributed by atoms with E-state index in [4.69, 9.17) is 13.9 Å². The van der Waals surface area contributed by atoms with Crippen molar-refractivity contribution in [2.75, 3.05) is 0 Å². The maximum Gasteiger partial charge on any atom is 0.340 e. The smallest absolute Gasteiger partial charge is 0.340 e. The minimum absolute atomic E-state index is 0.124. The number of carboxylic acid groups (broad SMARTS) is 1. The van der Waals surface area contributed by atoms with Crippen molar-refractivity contribution in [1.29, 1.82) is 0 Å². The molecule has 4 aromatic rings. The van der Waals surface area contributed by atoms with Gasteiger partial charge >= 0.3 is 11.6 Å². The van der Waals surface area contributed by atoms with Crippen LogP contribution in [-0.2, 0) is 11.2 Å². The molecule has 2 aromatic carbocycles. The van der Waals surface area contributed by atoms with E-state index in [1.54, 1.807) is 18.4 Å². The molecular weight excluding hydrogens is 308 g/mol. The minimum Gasteiger partial charge on any atom is -0.481 e. The standard InChI is InChI=1S/C19H12O5/c20-18(21)8-13-6-12-7-14-15(11-4-2-1-3-5-11)10-23-17(14)9-16(12)24-19(13)22/h1-7,9-10H,8H2,(H,20,21). The van der Waals surface area contributed by atoms with Crippen LogP contribution in [0.25, 0.3) is 33.1 Å². The van der Waals surface area contributed by atoms with Crippen molar-refractivity contribution in [3.8, 4) is 11.1 Å². The van der Waals surface area contributed by atoms with Crippen LogP contribution >= 0.6 is 0 Å². The van der Waals surface area contributed by atoms with E-state index in [0.717, 1.165) is 16.5 Å². The Kier molecular flexibility index (Phi) is 3.20. The largest absolute Gasteiger partial charge is 0.481 e. The highest BCUT2D eigenvalue weighted by Crippen LogP contribution is 2.33. The number of benzene rings is 2. The second kappa shape index (κ2) is 5.38. The Labute approximate surface area is 135 Å². The number of furan rings is 1. The van der Waals surface area contributed by atoms with Gasteiger partial charge in [-0.3, -0.25) is 4.79 Å². The van der Waals surface area contributed by atoms with E-state index in [-0.39, 0.29) is 12.0 Å². The Morgan fingerprint density at radius 3 is 2.58 bits per heavy atom. The number of carbonyl (C=O) groups is 1. The molecule has 118 valence electrons. The van der Waals surface area contributed by atoms with E-state index in [1.807, 2.05) is 36.4 Å². The van der Waals surface area contributed by atoms with Crippen molar-refractivity contribution in [3.63, 3.8) is 0 Å². The summed E-state index contributed by atoms with van der Waals surface area (Å²) >= 11 is 0. The third-order valence-corrected chi connectivity index (χ3v) is 3.93. The van der Waals surface area contributed by atoms with Crippen LogP contribution < -0.4 is 5.63 Å². The molecule has 0 aliphatic carbocycles. The van der Waals surface area contributed by atoms with Gasteiger partial charge in [0.05, 0.1) is 12.7 Å². The zero-order valence-electron chi connectivity index (χ0n) is 12.5. The van der Waals surface area contributed by atoms with Crippen LogP contribution in [0.4, 0.5) is 0 Å². The van der Waals surface area contributed by atoms with Gasteiger partial charge < -0.3 is 13.9 Å². The van der Waals surface area contributed by atoms with Crippen LogP contribution in [0.15, 0.2) is 68.4 Å². The second-order valence-corrected chi connectivity index (χ2v) is 5.53. The van der Waals surface area contributed by atoms with Gasteiger partial charge in [0.2, 0.25) is 0 Å². The molecule has 0 amide bonds. The fourth-order valence-electron chi connectivity index (χ4n) is 2.81. The van der Waals surface area contributed by atoms with Gasteiger partial charge in [0.15, 0.2) is 0 Å². The van der Waals surface area contributed by atoms with Crippen LogP contribution in [0, 0.1) is 0 Å².